The molecule has 13 heteroatoms. The summed E-state index contributed by atoms with van der Waals surface area (Å²) >= 11 is 3.08. The second-order valence-electron chi connectivity index (χ2n) is 12.8. The van der Waals surface area contributed by atoms with E-state index in [-0.39, 0.29) is 12.0 Å². The van der Waals surface area contributed by atoms with E-state index in [2.05, 4.69) is 45.0 Å². The average molecular weight is 687 g/mol. The standard InChI is InChI=1S/C35H42N8O3S2/c1-5-46-32(44)28-29(25-20-36-43(23(25)3)21-35(17-11-19-45-4)15-9-6-10-16-35)48-34(38-28)42-18-14-24-22(2)30(40-41-31(24)42)39-33-37-26-12-7-8-13-27(26)47-33/h7-8,12-13,20H,5-6,9-11,14-19,21H2,1-4H3,(H,37,39,40). The lowest BCUT2D eigenvalue weighted by molar-refractivity contribution is 0.0521. The summed E-state index contributed by atoms with van der Waals surface area (Å²) in [5.74, 6) is 1.03. The Morgan fingerprint density at radius 1 is 1.08 bits per heavy atom. The lowest BCUT2D eigenvalue weighted by Gasteiger charge is -2.37. The molecule has 11 nitrogen and oxygen atoms in total. The molecular weight excluding hydrogens is 645 g/mol. The Balaban J connectivity index is 1.18. The summed E-state index contributed by atoms with van der Waals surface area (Å²) in [6, 6.07) is 8.08. The van der Waals surface area contributed by atoms with Gasteiger partial charge in [-0.3, -0.25) is 4.68 Å². The lowest BCUT2D eigenvalue weighted by atomic mass is 9.71. The molecule has 0 amide bonds. The fraction of sp³-hybridized carbons (Fsp3) is 0.486. The van der Waals surface area contributed by atoms with Crippen LogP contribution in [0.25, 0.3) is 20.7 Å². The van der Waals surface area contributed by atoms with Gasteiger partial charge < -0.3 is 19.7 Å². The van der Waals surface area contributed by atoms with E-state index in [1.165, 1.54) is 43.4 Å². The van der Waals surface area contributed by atoms with Crippen LogP contribution in [-0.4, -0.2) is 62.8 Å². The van der Waals surface area contributed by atoms with Gasteiger partial charge in [0.1, 0.15) is 0 Å². The first-order valence-electron chi connectivity index (χ1n) is 16.9. The SMILES string of the molecule is CCOC(=O)c1nc(N2CCc3c2nnc(Nc2nc4ccccc4s2)c3C)sc1-c1cnn(CC2(CCCOC)CCCCC2)c1C. The largest absolute Gasteiger partial charge is 0.461 e. The predicted octanol–water partition coefficient (Wildman–Crippen LogP) is 8.01. The minimum absolute atomic E-state index is 0.212. The number of fused-ring (bicyclic) bond motifs is 2. The average Bonchev–Trinajstić information content (AvgIpc) is 3.88. The van der Waals surface area contributed by atoms with Crippen LogP contribution in [0, 0.1) is 19.3 Å². The van der Waals surface area contributed by atoms with Gasteiger partial charge in [0.2, 0.25) is 0 Å². The summed E-state index contributed by atoms with van der Waals surface area (Å²) in [5, 5.41) is 19.0. The van der Waals surface area contributed by atoms with Gasteiger partial charge in [-0.05, 0) is 70.4 Å². The fourth-order valence-electron chi connectivity index (χ4n) is 7.19. The van der Waals surface area contributed by atoms with Crippen LogP contribution >= 0.6 is 22.7 Å². The Morgan fingerprint density at radius 2 is 1.92 bits per heavy atom. The molecule has 7 rings (SSSR count). The van der Waals surface area contributed by atoms with E-state index in [9.17, 15) is 4.79 Å². The van der Waals surface area contributed by atoms with Crippen molar-refractivity contribution in [2.24, 2.45) is 5.41 Å². The maximum Gasteiger partial charge on any atom is 0.358 e. The van der Waals surface area contributed by atoms with Crippen molar-refractivity contribution in [1.29, 1.82) is 0 Å². The number of benzene rings is 1. The fourth-order valence-corrected chi connectivity index (χ4v) is 9.20. The van der Waals surface area contributed by atoms with Crippen molar-refractivity contribution >= 4 is 60.8 Å². The Kier molecular flexibility index (Phi) is 9.43. The van der Waals surface area contributed by atoms with Crippen LogP contribution in [0.5, 0.6) is 0 Å². The summed E-state index contributed by atoms with van der Waals surface area (Å²) in [7, 11) is 1.77. The number of carbonyl (C=O) groups excluding carboxylic acids is 1. The molecular formula is C35H42N8O3S2. The highest BCUT2D eigenvalue weighted by molar-refractivity contribution is 7.22. The summed E-state index contributed by atoms with van der Waals surface area (Å²) < 4.78 is 14.1. The molecule has 1 aliphatic heterocycles. The van der Waals surface area contributed by atoms with Gasteiger partial charge in [0.05, 0.1) is 27.9 Å². The number of esters is 1. The third-order valence-electron chi connectivity index (χ3n) is 9.80. The first kappa shape index (κ1) is 32.6. The highest BCUT2D eigenvalue weighted by Gasteiger charge is 2.35. The first-order valence-corrected chi connectivity index (χ1v) is 18.5. The van der Waals surface area contributed by atoms with Gasteiger partial charge in [-0.25, -0.2) is 14.8 Å². The summed E-state index contributed by atoms with van der Waals surface area (Å²) in [6.07, 6.45) is 11.1. The second kappa shape index (κ2) is 13.9. The molecule has 1 saturated carbocycles. The first-order chi connectivity index (χ1) is 23.4. The van der Waals surface area contributed by atoms with Gasteiger partial charge in [0.15, 0.2) is 27.6 Å². The van der Waals surface area contributed by atoms with Crippen LogP contribution in [0.3, 0.4) is 0 Å². The molecule has 0 atom stereocenters. The number of para-hydroxylation sites is 1. The summed E-state index contributed by atoms with van der Waals surface area (Å²) in [4.78, 5) is 25.7. The molecule has 0 bridgehead atoms. The molecule has 5 aromatic rings. The van der Waals surface area contributed by atoms with Gasteiger partial charge in [-0.2, -0.15) is 5.10 Å². The van der Waals surface area contributed by atoms with Crippen LogP contribution < -0.4 is 10.2 Å². The molecule has 1 N–H and O–H groups in total. The Bertz CT molecular complexity index is 1890. The predicted molar refractivity (Wildman–Crippen MR) is 191 cm³/mol. The monoisotopic (exact) mass is 686 g/mol. The number of carbonyl (C=O) groups is 1. The van der Waals surface area contributed by atoms with Crippen LogP contribution in [0.2, 0.25) is 0 Å². The Hall–Kier alpha value is -3.94. The minimum atomic E-state index is -0.428. The number of nitrogens with one attached hydrogen (secondary N) is 1. The number of hydrogen-bond acceptors (Lipinski definition) is 12. The minimum Gasteiger partial charge on any atom is -0.461 e. The molecule has 1 aromatic carbocycles. The van der Waals surface area contributed by atoms with Gasteiger partial charge in [-0.15, -0.1) is 10.2 Å². The van der Waals surface area contributed by atoms with Crippen molar-refractivity contribution in [2.45, 2.75) is 78.7 Å². The molecule has 0 saturated heterocycles. The van der Waals surface area contributed by atoms with Crippen molar-refractivity contribution in [3.8, 4) is 10.4 Å². The normalized spacial score (nSPS) is 15.6. The lowest BCUT2D eigenvalue weighted by Crippen LogP contribution is -2.31. The summed E-state index contributed by atoms with van der Waals surface area (Å²) in [6.45, 7) is 8.59. The highest BCUT2D eigenvalue weighted by atomic mass is 32.1. The number of aromatic nitrogens is 6. The highest BCUT2D eigenvalue weighted by Crippen LogP contribution is 2.45. The smallest absolute Gasteiger partial charge is 0.358 e. The van der Waals surface area contributed by atoms with E-state index in [4.69, 9.17) is 24.5 Å². The number of ether oxygens (including phenoxy) is 2. The van der Waals surface area contributed by atoms with Crippen molar-refractivity contribution in [1.82, 2.24) is 29.9 Å². The van der Waals surface area contributed by atoms with Gasteiger partial charge >= 0.3 is 5.97 Å². The van der Waals surface area contributed by atoms with E-state index in [1.54, 1.807) is 18.4 Å². The second-order valence-corrected chi connectivity index (χ2v) is 14.9. The zero-order chi connectivity index (χ0) is 33.3. The molecule has 0 spiro atoms. The van der Waals surface area contributed by atoms with Gasteiger partial charge in [0.25, 0.3) is 0 Å². The third-order valence-corrected chi connectivity index (χ3v) is 11.9. The number of hydrogen-bond donors (Lipinski definition) is 1. The zero-order valence-electron chi connectivity index (χ0n) is 28.0. The van der Waals surface area contributed by atoms with Gasteiger partial charge in [0, 0.05) is 49.2 Å². The molecule has 252 valence electrons. The third kappa shape index (κ3) is 6.30. The molecule has 0 radical (unpaired) electrons. The van der Waals surface area contributed by atoms with E-state index in [0.29, 0.717) is 23.2 Å². The molecule has 5 heterocycles. The van der Waals surface area contributed by atoms with E-state index < -0.39 is 5.97 Å². The number of anilines is 4. The number of rotatable bonds is 12. The van der Waals surface area contributed by atoms with E-state index in [0.717, 1.165) is 80.8 Å². The molecule has 1 fully saturated rings. The van der Waals surface area contributed by atoms with Crippen molar-refractivity contribution < 1.29 is 14.3 Å². The number of nitrogens with zero attached hydrogens (tertiary/aromatic N) is 7. The topological polar surface area (TPSA) is 120 Å². The van der Waals surface area contributed by atoms with Gasteiger partial charge in [-0.1, -0.05) is 54.1 Å². The molecule has 0 unspecified atom stereocenters. The number of thiazole rings is 2. The maximum atomic E-state index is 13.3. The molecule has 48 heavy (non-hydrogen) atoms. The molecule has 1 aliphatic carbocycles. The van der Waals surface area contributed by atoms with Crippen LogP contribution in [0.15, 0.2) is 30.5 Å². The van der Waals surface area contributed by atoms with Crippen molar-refractivity contribution in [2.75, 3.05) is 37.1 Å². The quantitative estimate of drug-likeness (QED) is 0.102. The van der Waals surface area contributed by atoms with Crippen LogP contribution in [-0.2, 0) is 22.4 Å². The van der Waals surface area contributed by atoms with E-state index >= 15 is 0 Å². The van der Waals surface area contributed by atoms with Crippen LogP contribution in [0.4, 0.5) is 21.9 Å². The van der Waals surface area contributed by atoms with Crippen molar-refractivity contribution in [3.05, 3.63) is 53.0 Å². The Labute approximate surface area is 288 Å². The van der Waals surface area contributed by atoms with Crippen molar-refractivity contribution in [3.63, 3.8) is 0 Å². The molecule has 2 aliphatic rings. The van der Waals surface area contributed by atoms with Crippen LogP contribution in [0.1, 0.15) is 79.2 Å². The van der Waals surface area contributed by atoms with E-state index in [1.807, 2.05) is 31.3 Å². The zero-order valence-corrected chi connectivity index (χ0v) is 29.7. The molecule has 4 aromatic heterocycles. The number of methoxy groups -OCH3 is 1. The Morgan fingerprint density at radius 3 is 2.71 bits per heavy atom. The summed E-state index contributed by atoms with van der Waals surface area (Å²) in [5.41, 5.74) is 5.58. The maximum absolute atomic E-state index is 13.3.